The van der Waals surface area contributed by atoms with E-state index in [1.165, 1.54) is 4.90 Å². The van der Waals surface area contributed by atoms with Crippen LogP contribution < -0.4 is 0 Å². The maximum atomic E-state index is 10.9. The Morgan fingerprint density at radius 2 is 1.82 bits per heavy atom. The lowest BCUT2D eigenvalue weighted by molar-refractivity contribution is 0.112. The molecule has 0 atom stereocenters. The second kappa shape index (κ2) is 5.89. The van der Waals surface area contributed by atoms with E-state index < -0.39 is 0 Å². The van der Waals surface area contributed by atoms with Gasteiger partial charge in [-0.1, -0.05) is 11.8 Å². The van der Waals surface area contributed by atoms with E-state index in [1.54, 1.807) is 42.0 Å². The van der Waals surface area contributed by atoms with Crippen LogP contribution in [0.3, 0.4) is 0 Å². The highest BCUT2D eigenvalue weighted by Crippen LogP contribution is 2.30. The molecule has 0 spiro atoms. The summed E-state index contributed by atoms with van der Waals surface area (Å²) in [5.41, 5.74) is 0.680. The summed E-state index contributed by atoms with van der Waals surface area (Å²) in [5, 5.41) is 0. The molecular weight excluding hydrogens is 250 g/mol. The van der Waals surface area contributed by atoms with Crippen LogP contribution in [0.4, 0.5) is 0 Å². The van der Waals surface area contributed by atoms with Crippen LogP contribution in [0.25, 0.3) is 0 Å². The first kappa shape index (κ1) is 12.2. The Kier molecular flexibility index (Phi) is 4.23. The van der Waals surface area contributed by atoms with Crippen molar-refractivity contribution in [1.29, 1.82) is 0 Å². The van der Waals surface area contributed by atoms with Crippen molar-refractivity contribution >= 4 is 29.8 Å². The van der Waals surface area contributed by atoms with Crippen LogP contribution in [0.2, 0.25) is 0 Å². The fourth-order valence-electron chi connectivity index (χ4n) is 1.34. The topological polar surface area (TPSA) is 30.0 Å². The number of hydrogen-bond donors (Lipinski definition) is 0. The van der Waals surface area contributed by atoms with Crippen LogP contribution in [0.1, 0.15) is 10.4 Å². The fourth-order valence-corrected chi connectivity index (χ4v) is 2.63. The SMILES string of the molecule is CSc1ccc(Sc2cnccc2C=O)cc1. The van der Waals surface area contributed by atoms with Crippen molar-refractivity contribution in [3.8, 4) is 0 Å². The van der Waals surface area contributed by atoms with E-state index in [1.807, 2.05) is 6.26 Å². The van der Waals surface area contributed by atoms with Gasteiger partial charge in [0, 0.05) is 32.6 Å². The summed E-state index contributed by atoms with van der Waals surface area (Å²) < 4.78 is 0. The molecule has 1 aromatic carbocycles. The average molecular weight is 261 g/mol. The Morgan fingerprint density at radius 1 is 1.12 bits per heavy atom. The third-order valence-corrected chi connectivity index (χ3v) is 4.04. The number of carbonyl (C=O) groups is 1. The summed E-state index contributed by atoms with van der Waals surface area (Å²) >= 11 is 3.27. The minimum atomic E-state index is 0.680. The summed E-state index contributed by atoms with van der Waals surface area (Å²) in [7, 11) is 0. The fraction of sp³-hybridized carbons (Fsp3) is 0.0769. The van der Waals surface area contributed by atoms with Gasteiger partial charge in [0.05, 0.1) is 0 Å². The molecule has 0 fully saturated rings. The molecule has 0 bridgehead atoms. The van der Waals surface area contributed by atoms with E-state index in [2.05, 4.69) is 29.2 Å². The molecule has 2 aromatic rings. The van der Waals surface area contributed by atoms with Gasteiger partial charge in [0.25, 0.3) is 0 Å². The largest absolute Gasteiger partial charge is 0.298 e. The molecule has 0 amide bonds. The predicted molar refractivity (Wildman–Crippen MR) is 72.0 cm³/mol. The molecule has 17 heavy (non-hydrogen) atoms. The van der Waals surface area contributed by atoms with E-state index >= 15 is 0 Å². The van der Waals surface area contributed by atoms with Crippen LogP contribution in [0.5, 0.6) is 0 Å². The molecule has 2 rings (SSSR count). The maximum Gasteiger partial charge on any atom is 0.151 e. The molecule has 0 saturated carbocycles. The first-order chi connectivity index (χ1) is 8.33. The lowest BCUT2D eigenvalue weighted by atomic mass is 10.3. The lowest BCUT2D eigenvalue weighted by Crippen LogP contribution is -1.86. The van der Waals surface area contributed by atoms with E-state index in [0.29, 0.717) is 5.56 Å². The van der Waals surface area contributed by atoms with Gasteiger partial charge in [-0.25, -0.2) is 0 Å². The third kappa shape index (κ3) is 3.11. The highest BCUT2D eigenvalue weighted by atomic mass is 32.2. The van der Waals surface area contributed by atoms with Crippen LogP contribution >= 0.6 is 23.5 Å². The Balaban J connectivity index is 2.22. The number of hydrogen-bond acceptors (Lipinski definition) is 4. The van der Waals surface area contributed by atoms with Gasteiger partial charge < -0.3 is 0 Å². The number of rotatable bonds is 4. The molecule has 0 aliphatic carbocycles. The molecule has 2 nitrogen and oxygen atoms in total. The van der Waals surface area contributed by atoms with E-state index in [4.69, 9.17) is 0 Å². The summed E-state index contributed by atoms with van der Waals surface area (Å²) in [4.78, 5) is 18.1. The zero-order valence-electron chi connectivity index (χ0n) is 9.29. The normalized spacial score (nSPS) is 10.2. The zero-order chi connectivity index (χ0) is 12.1. The Morgan fingerprint density at radius 3 is 2.47 bits per heavy atom. The highest BCUT2D eigenvalue weighted by molar-refractivity contribution is 7.99. The van der Waals surface area contributed by atoms with Crippen molar-refractivity contribution in [1.82, 2.24) is 4.98 Å². The molecule has 1 aromatic heterocycles. The van der Waals surface area contributed by atoms with Crippen LogP contribution in [0.15, 0.2) is 57.4 Å². The summed E-state index contributed by atoms with van der Waals surface area (Å²) in [6, 6.07) is 9.98. The molecular formula is C13H11NOS2. The van der Waals surface area contributed by atoms with Gasteiger partial charge in [-0.2, -0.15) is 0 Å². The number of carbonyl (C=O) groups excluding carboxylic acids is 1. The van der Waals surface area contributed by atoms with Gasteiger partial charge in [-0.3, -0.25) is 9.78 Å². The van der Waals surface area contributed by atoms with Gasteiger partial charge in [-0.15, -0.1) is 11.8 Å². The number of aromatic nitrogens is 1. The zero-order valence-corrected chi connectivity index (χ0v) is 10.9. The van der Waals surface area contributed by atoms with Gasteiger partial charge in [0.15, 0.2) is 6.29 Å². The van der Waals surface area contributed by atoms with E-state index in [-0.39, 0.29) is 0 Å². The summed E-state index contributed by atoms with van der Waals surface area (Å²) in [6.45, 7) is 0. The molecule has 0 unspecified atom stereocenters. The third-order valence-electron chi connectivity index (χ3n) is 2.23. The number of benzene rings is 1. The molecule has 86 valence electrons. The van der Waals surface area contributed by atoms with Crippen molar-refractivity contribution in [3.05, 3.63) is 48.3 Å². The van der Waals surface area contributed by atoms with Gasteiger partial charge >= 0.3 is 0 Å². The van der Waals surface area contributed by atoms with Crippen molar-refractivity contribution in [3.63, 3.8) is 0 Å². The lowest BCUT2D eigenvalue weighted by Gasteiger charge is -2.04. The van der Waals surface area contributed by atoms with Crippen molar-refractivity contribution in [2.75, 3.05) is 6.26 Å². The number of pyridine rings is 1. The molecule has 4 heteroatoms. The van der Waals surface area contributed by atoms with E-state index in [0.717, 1.165) is 16.1 Å². The Bertz CT molecular complexity index is 511. The van der Waals surface area contributed by atoms with Gasteiger partial charge in [0.2, 0.25) is 0 Å². The van der Waals surface area contributed by atoms with Crippen molar-refractivity contribution < 1.29 is 4.79 Å². The van der Waals surface area contributed by atoms with E-state index in [9.17, 15) is 4.79 Å². The van der Waals surface area contributed by atoms with Crippen molar-refractivity contribution in [2.24, 2.45) is 0 Å². The van der Waals surface area contributed by atoms with Crippen molar-refractivity contribution in [2.45, 2.75) is 14.7 Å². The molecule has 1 heterocycles. The minimum absolute atomic E-state index is 0.680. The number of nitrogens with zero attached hydrogens (tertiary/aromatic N) is 1. The quantitative estimate of drug-likeness (QED) is 0.619. The smallest absolute Gasteiger partial charge is 0.151 e. The summed E-state index contributed by atoms with van der Waals surface area (Å²) in [5.74, 6) is 0. The Hall–Kier alpha value is -1.26. The van der Waals surface area contributed by atoms with Crippen LogP contribution in [0, 0.1) is 0 Å². The Labute approximate surface area is 109 Å². The highest BCUT2D eigenvalue weighted by Gasteiger charge is 2.03. The van der Waals surface area contributed by atoms with Crippen LogP contribution in [-0.4, -0.2) is 17.5 Å². The molecule has 0 radical (unpaired) electrons. The van der Waals surface area contributed by atoms with Gasteiger partial charge in [0.1, 0.15) is 0 Å². The maximum absolute atomic E-state index is 10.9. The molecule has 0 saturated heterocycles. The summed E-state index contributed by atoms with van der Waals surface area (Å²) in [6.07, 6.45) is 6.26. The first-order valence-electron chi connectivity index (χ1n) is 5.04. The first-order valence-corrected chi connectivity index (χ1v) is 7.08. The van der Waals surface area contributed by atoms with Crippen LogP contribution in [-0.2, 0) is 0 Å². The second-order valence-corrected chi connectivity index (χ2v) is 5.30. The molecule has 0 aliphatic rings. The minimum Gasteiger partial charge on any atom is -0.298 e. The number of thioether (sulfide) groups is 1. The predicted octanol–water partition coefficient (Wildman–Crippen LogP) is 3.77. The van der Waals surface area contributed by atoms with Gasteiger partial charge in [-0.05, 0) is 36.6 Å². The number of aldehydes is 1. The molecule has 0 N–H and O–H groups in total. The monoisotopic (exact) mass is 261 g/mol. The standard InChI is InChI=1S/C13H11NOS2/c1-16-11-2-4-12(5-3-11)17-13-8-14-7-6-10(13)9-15/h2-9H,1H3. The average Bonchev–Trinajstić information content (AvgIpc) is 2.40. The molecule has 0 aliphatic heterocycles. The second-order valence-electron chi connectivity index (χ2n) is 3.31.